The number of benzene rings is 1. The molecule has 1 N–H and O–H groups in total. The van der Waals surface area contributed by atoms with Crippen molar-refractivity contribution in [1.82, 2.24) is 10.2 Å². The van der Waals surface area contributed by atoms with Crippen molar-refractivity contribution in [3.63, 3.8) is 0 Å². The summed E-state index contributed by atoms with van der Waals surface area (Å²) in [5, 5.41) is 3.19. The van der Waals surface area contributed by atoms with Crippen LogP contribution in [-0.2, 0) is 0 Å². The molecular weight excluding hydrogens is 336 g/mol. The lowest BCUT2D eigenvalue weighted by atomic mass is 9.92. The maximum absolute atomic E-state index is 13.0. The first-order valence-electron chi connectivity index (χ1n) is 6.96. The molecule has 0 radical (unpaired) electrons. The van der Waals surface area contributed by atoms with E-state index in [1.54, 1.807) is 0 Å². The summed E-state index contributed by atoms with van der Waals surface area (Å²) in [6.45, 7) is 6.61. The predicted octanol–water partition coefficient (Wildman–Crippen LogP) is 4.05. The number of halogens is 5. The van der Waals surface area contributed by atoms with Crippen LogP contribution in [0.2, 0.25) is 0 Å². The van der Waals surface area contributed by atoms with Crippen molar-refractivity contribution in [2.45, 2.75) is 32.5 Å². The fourth-order valence-corrected chi connectivity index (χ4v) is 2.98. The summed E-state index contributed by atoms with van der Waals surface area (Å²) >= 11 is 0. The normalized spacial score (nSPS) is 17.3. The van der Waals surface area contributed by atoms with Crippen molar-refractivity contribution in [3.05, 3.63) is 34.9 Å². The molecule has 2 rings (SSSR count). The molecule has 0 amide bonds. The molecule has 1 aromatic rings. The second-order valence-electron chi connectivity index (χ2n) is 5.43. The molecular formula is C15H23Cl2F3N2. The van der Waals surface area contributed by atoms with Gasteiger partial charge in [0.1, 0.15) is 0 Å². The predicted molar refractivity (Wildman–Crippen MR) is 88.3 cm³/mol. The summed E-state index contributed by atoms with van der Waals surface area (Å²) in [5.74, 6) is 0. The minimum atomic E-state index is -4.15. The highest BCUT2D eigenvalue weighted by atomic mass is 35.5. The molecule has 1 fully saturated rings. The molecule has 128 valence electrons. The highest BCUT2D eigenvalue weighted by Crippen LogP contribution is 2.36. The van der Waals surface area contributed by atoms with Gasteiger partial charge < -0.3 is 5.32 Å². The molecule has 1 atom stereocenters. The molecule has 0 aliphatic carbocycles. The first-order chi connectivity index (χ1) is 9.38. The first-order valence-corrected chi connectivity index (χ1v) is 6.96. The van der Waals surface area contributed by atoms with Crippen LogP contribution >= 0.6 is 24.8 Å². The van der Waals surface area contributed by atoms with Gasteiger partial charge in [0, 0.05) is 32.2 Å². The minimum absolute atomic E-state index is 0. The SMILES string of the molecule is Cc1cccc(C)c1[C@@H](CC(F)(F)F)N1CCNCC1.Cl.Cl. The number of aryl methyl sites for hydroxylation is 2. The molecule has 1 aliphatic rings. The van der Waals surface area contributed by atoms with Gasteiger partial charge in [0.2, 0.25) is 0 Å². The van der Waals surface area contributed by atoms with Crippen molar-refractivity contribution in [2.75, 3.05) is 26.2 Å². The van der Waals surface area contributed by atoms with Crippen LogP contribution in [0.25, 0.3) is 0 Å². The van der Waals surface area contributed by atoms with Crippen molar-refractivity contribution in [1.29, 1.82) is 0 Å². The van der Waals surface area contributed by atoms with E-state index < -0.39 is 18.6 Å². The second-order valence-corrected chi connectivity index (χ2v) is 5.43. The van der Waals surface area contributed by atoms with Crippen LogP contribution in [0.3, 0.4) is 0 Å². The van der Waals surface area contributed by atoms with Crippen molar-refractivity contribution in [2.24, 2.45) is 0 Å². The van der Waals surface area contributed by atoms with E-state index in [4.69, 9.17) is 0 Å². The van der Waals surface area contributed by atoms with Crippen molar-refractivity contribution in [3.8, 4) is 0 Å². The quantitative estimate of drug-likeness (QED) is 0.876. The maximum atomic E-state index is 13.0. The molecule has 0 aromatic heterocycles. The highest BCUT2D eigenvalue weighted by Gasteiger charge is 2.36. The molecule has 1 aliphatic heterocycles. The standard InChI is InChI=1S/C15H21F3N2.2ClH/c1-11-4-3-5-12(2)14(11)13(10-15(16,17)18)20-8-6-19-7-9-20;;/h3-5,13,19H,6-10H2,1-2H3;2*1H/t13-;;/m1../s1. The number of hydrogen-bond donors (Lipinski definition) is 1. The van der Waals surface area contributed by atoms with Crippen molar-refractivity contribution >= 4 is 24.8 Å². The van der Waals surface area contributed by atoms with Crippen molar-refractivity contribution < 1.29 is 13.2 Å². The Morgan fingerprint density at radius 3 is 2.05 bits per heavy atom. The maximum Gasteiger partial charge on any atom is 0.390 e. The molecule has 7 heteroatoms. The Morgan fingerprint density at radius 1 is 1.09 bits per heavy atom. The zero-order valence-electron chi connectivity index (χ0n) is 12.7. The van der Waals surface area contributed by atoms with Gasteiger partial charge in [-0.1, -0.05) is 18.2 Å². The zero-order valence-corrected chi connectivity index (χ0v) is 14.4. The molecule has 22 heavy (non-hydrogen) atoms. The monoisotopic (exact) mass is 358 g/mol. The Hall–Kier alpha value is -0.490. The lowest BCUT2D eigenvalue weighted by Crippen LogP contribution is -2.46. The number of nitrogens with one attached hydrogen (secondary N) is 1. The molecule has 1 heterocycles. The number of rotatable bonds is 3. The minimum Gasteiger partial charge on any atom is -0.314 e. The van der Waals surface area contributed by atoms with Gasteiger partial charge in [-0.2, -0.15) is 13.2 Å². The van der Waals surface area contributed by atoms with E-state index in [2.05, 4.69) is 5.32 Å². The summed E-state index contributed by atoms with van der Waals surface area (Å²) in [4.78, 5) is 1.96. The molecule has 2 nitrogen and oxygen atoms in total. The number of nitrogens with zero attached hydrogens (tertiary/aromatic N) is 1. The summed E-state index contributed by atoms with van der Waals surface area (Å²) in [6.07, 6.45) is -4.93. The second kappa shape index (κ2) is 8.96. The Morgan fingerprint density at radius 2 is 1.59 bits per heavy atom. The van der Waals surface area contributed by atoms with E-state index >= 15 is 0 Å². The molecule has 0 unspecified atom stereocenters. The average molecular weight is 359 g/mol. The van der Waals surface area contributed by atoms with Crippen LogP contribution in [-0.4, -0.2) is 37.3 Å². The molecule has 0 spiro atoms. The van der Waals surface area contributed by atoms with E-state index in [1.807, 2.05) is 36.9 Å². The summed E-state index contributed by atoms with van der Waals surface area (Å²) in [7, 11) is 0. The van der Waals surface area contributed by atoms with Crippen LogP contribution in [0, 0.1) is 13.8 Å². The largest absolute Gasteiger partial charge is 0.390 e. The third-order valence-electron chi connectivity index (χ3n) is 3.89. The van der Waals surface area contributed by atoms with E-state index in [9.17, 15) is 13.2 Å². The van der Waals surface area contributed by atoms with Gasteiger partial charge in [-0.25, -0.2) is 0 Å². The van der Waals surface area contributed by atoms with Gasteiger partial charge in [0.05, 0.1) is 6.42 Å². The van der Waals surface area contributed by atoms with E-state index in [0.29, 0.717) is 13.1 Å². The number of alkyl halides is 3. The number of hydrogen-bond acceptors (Lipinski definition) is 2. The third-order valence-corrected chi connectivity index (χ3v) is 3.89. The van der Waals surface area contributed by atoms with Gasteiger partial charge in [0.25, 0.3) is 0 Å². The van der Waals surface area contributed by atoms with Crippen LogP contribution < -0.4 is 5.32 Å². The lowest BCUT2D eigenvalue weighted by molar-refractivity contribution is -0.148. The molecule has 1 aromatic carbocycles. The average Bonchev–Trinajstić information content (AvgIpc) is 2.37. The van der Waals surface area contributed by atoms with Gasteiger partial charge in [-0.05, 0) is 30.5 Å². The van der Waals surface area contributed by atoms with Gasteiger partial charge in [-0.15, -0.1) is 24.8 Å². The first kappa shape index (κ1) is 21.5. The number of piperazine rings is 1. The fraction of sp³-hybridized carbons (Fsp3) is 0.600. The Labute approximate surface area is 142 Å². The summed E-state index contributed by atoms with van der Waals surface area (Å²) in [5.41, 5.74) is 2.72. The Bertz CT molecular complexity index is 440. The summed E-state index contributed by atoms with van der Waals surface area (Å²) in [6, 6.07) is 5.12. The van der Waals surface area contributed by atoms with E-state index in [-0.39, 0.29) is 24.8 Å². The Kier molecular flexibility index (Phi) is 8.77. The van der Waals surface area contributed by atoms with Crippen LogP contribution in [0.4, 0.5) is 13.2 Å². The topological polar surface area (TPSA) is 15.3 Å². The van der Waals surface area contributed by atoms with Crippen LogP contribution in [0.15, 0.2) is 18.2 Å². The van der Waals surface area contributed by atoms with Gasteiger partial charge in [-0.3, -0.25) is 4.90 Å². The highest BCUT2D eigenvalue weighted by molar-refractivity contribution is 5.85. The zero-order chi connectivity index (χ0) is 14.8. The summed E-state index contributed by atoms with van der Waals surface area (Å²) < 4.78 is 38.9. The lowest BCUT2D eigenvalue weighted by Gasteiger charge is -2.37. The molecule has 0 saturated carbocycles. The fourth-order valence-electron chi connectivity index (χ4n) is 2.98. The third kappa shape index (κ3) is 5.61. The van der Waals surface area contributed by atoms with E-state index in [0.717, 1.165) is 29.8 Å². The van der Waals surface area contributed by atoms with Gasteiger partial charge >= 0.3 is 6.18 Å². The smallest absolute Gasteiger partial charge is 0.314 e. The van der Waals surface area contributed by atoms with Crippen LogP contribution in [0.5, 0.6) is 0 Å². The molecule has 1 saturated heterocycles. The molecule has 0 bridgehead atoms. The van der Waals surface area contributed by atoms with Crippen LogP contribution in [0.1, 0.15) is 29.2 Å². The van der Waals surface area contributed by atoms with E-state index in [1.165, 1.54) is 0 Å². The van der Waals surface area contributed by atoms with Gasteiger partial charge in [0.15, 0.2) is 0 Å². The Balaban J connectivity index is 0.00000220.